The summed E-state index contributed by atoms with van der Waals surface area (Å²) in [4.78, 5) is 12.8. The van der Waals surface area contributed by atoms with Crippen LogP contribution in [0.2, 0.25) is 0 Å². The number of nitrogens with zero attached hydrogens (tertiary/aromatic N) is 2. The van der Waals surface area contributed by atoms with E-state index in [1.165, 1.54) is 4.31 Å². The van der Waals surface area contributed by atoms with Crippen molar-refractivity contribution in [3.8, 4) is 0 Å². The van der Waals surface area contributed by atoms with Crippen molar-refractivity contribution in [2.45, 2.75) is 51.5 Å². The van der Waals surface area contributed by atoms with Crippen LogP contribution in [-0.4, -0.2) is 36.4 Å². The zero-order valence-electron chi connectivity index (χ0n) is 15.4. The number of anilines is 1. The third-order valence-corrected chi connectivity index (χ3v) is 6.97. The lowest BCUT2D eigenvalue weighted by atomic mass is 10.1. The van der Waals surface area contributed by atoms with E-state index in [1.807, 2.05) is 32.0 Å². The fraction of sp³-hybridized carbons (Fsp3) is 0.444. The predicted octanol–water partition coefficient (Wildman–Crippen LogP) is 2.70. The molecule has 1 N–H and O–H groups in total. The Bertz CT molecular complexity index is 930. The van der Waals surface area contributed by atoms with Gasteiger partial charge in [-0.05, 0) is 63.8 Å². The van der Waals surface area contributed by atoms with E-state index in [0.717, 1.165) is 11.1 Å². The highest BCUT2D eigenvalue weighted by atomic mass is 32.2. The summed E-state index contributed by atoms with van der Waals surface area (Å²) in [6.07, 6.45) is 1.12. The lowest BCUT2D eigenvalue weighted by molar-refractivity contribution is -0.119. The van der Waals surface area contributed by atoms with E-state index < -0.39 is 16.1 Å². The second-order valence-corrected chi connectivity index (χ2v) is 8.54. The van der Waals surface area contributed by atoms with Gasteiger partial charge in [0.2, 0.25) is 15.9 Å². The van der Waals surface area contributed by atoms with E-state index in [4.69, 9.17) is 4.52 Å². The van der Waals surface area contributed by atoms with E-state index in [1.54, 1.807) is 13.8 Å². The van der Waals surface area contributed by atoms with E-state index in [2.05, 4.69) is 10.5 Å². The third kappa shape index (κ3) is 3.26. The highest BCUT2D eigenvalue weighted by Crippen LogP contribution is 2.30. The van der Waals surface area contributed by atoms with Crippen LogP contribution in [-0.2, 0) is 14.8 Å². The SMILES string of the molecule is Cc1ccc(NC(=O)[C@H]2CCCN2S(=O)(=O)c2c(C)noc2C)cc1C. The minimum Gasteiger partial charge on any atom is -0.360 e. The molecule has 0 saturated carbocycles. The van der Waals surface area contributed by atoms with Crippen molar-refractivity contribution >= 4 is 21.6 Å². The van der Waals surface area contributed by atoms with E-state index >= 15 is 0 Å². The van der Waals surface area contributed by atoms with Crippen LogP contribution in [0.1, 0.15) is 35.4 Å². The topological polar surface area (TPSA) is 92.5 Å². The largest absolute Gasteiger partial charge is 0.360 e. The summed E-state index contributed by atoms with van der Waals surface area (Å²) < 4.78 is 32.4. The molecule has 140 valence electrons. The van der Waals surface area contributed by atoms with Gasteiger partial charge in [0.1, 0.15) is 16.6 Å². The number of hydrogen-bond acceptors (Lipinski definition) is 5. The average molecular weight is 377 g/mol. The smallest absolute Gasteiger partial charge is 0.249 e. The van der Waals surface area contributed by atoms with Gasteiger partial charge in [-0.2, -0.15) is 4.31 Å². The van der Waals surface area contributed by atoms with Crippen LogP contribution < -0.4 is 5.32 Å². The van der Waals surface area contributed by atoms with Gasteiger partial charge in [-0.1, -0.05) is 11.2 Å². The monoisotopic (exact) mass is 377 g/mol. The lowest BCUT2D eigenvalue weighted by Gasteiger charge is -2.23. The Hall–Kier alpha value is -2.19. The van der Waals surface area contributed by atoms with E-state index in [0.29, 0.717) is 30.8 Å². The Morgan fingerprint density at radius 3 is 2.58 bits per heavy atom. The first kappa shape index (κ1) is 18.6. The number of aromatic nitrogens is 1. The molecule has 1 fully saturated rings. The zero-order chi connectivity index (χ0) is 19.1. The van der Waals surface area contributed by atoms with E-state index in [-0.39, 0.29) is 16.6 Å². The van der Waals surface area contributed by atoms with Gasteiger partial charge in [0.15, 0.2) is 5.76 Å². The minimum atomic E-state index is -3.84. The van der Waals surface area contributed by atoms with Crippen LogP contribution in [0.5, 0.6) is 0 Å². The Balaban J connectivity index is 1.85. The zero-order valence-corrected chi connectivity index (χ0v) is 16.2. The number of hydrogen-bond donors (Lipinski definition) is 1. The number of benzene rings is 1. The maximum atomic E-state index is 13.0. The highest BCUT2D eigenvalue weighted by Gasteiger charge is 2.41. The highest BCUT2D eigenvalue weighted by molar-refractivity contribution is 7.89. The molecule has 2 heterocycles. The van der Waals surface area contributed by atoms with Gasteiger partial charge >= 0.3 is 0 Å². The molecule has 0 aliphatic carbocycles. The Morgan fingerprint density at radius 1 is 1.23 bits per heavy atom. The number of nitrogens with one attached hydrogen (secondary N) is 1. The van der Waals surface area contributed by atoms with Gasteiger partial charge in [-0.15, -0.1) is 0 Å². The quantitative estimate of drug-likeness (QED) is 0.884. The first-order chi connectivity index (χ1) is 12.2. The molecule has 3 rings (SSSR count). The number of amides is 1. The summed E-state index contributed by atoms with van der Waals surface area (Å²) in [7, 11) is -3.84. The molecule has 1 atom stereocenters. The minimum absolute atomic E-state index is 0.0587. The fourth-order valence-electron chi connectivity index (χ4n) is 3.29. The van der Waals surface area contributed by atoms with Gasteiger partial charge < -0.3 is 9.84 Å². The number of carbonyl (C=O) groups excluding carboxylic acids is 1. The summed E-state index contributed by atoms with van der Waals surface area (Å²) in [5.74, 6) is -0.0798. The molecule has 1 aliphatic heterocycles. The molecule has 2 aromatic rings. The third-order valence-electron chi connectivity index (χ3n) is 4.82. The lowest BCUT2D eigenvalue weighted by Crippen LogP contribution is -2.43. The van der Waals surface area contributed by atoms with Gasteiger partial charge in [0.05, 0.1) is 0 Å². The normalized spacial score (nSPS) is 18.2. The van der Waals surface area contributed by atoms with Crippen molar-refractivity contribution in [2.24, 2.45) is 0 Å². The van der Waals surface area contributed by atoms with Crippen molar-refractivity contribution in [3.63, 3.8) is 0 Å². The number of aryl methyl sites for hydroxylation is 4. The molecule has 1 aromatic carbocycles. The predicted molar refractivity (Wildman–Crippen MR) is 97.4 cm³/mol. The Morgan fingerprint density at radius 2 is 1.96 bits per heavy atom. The average Bonchev–Trinajstić information content (AvgIpc) is 3.18. The molecule has 0 spiro atoms. The first-order valence-electron chi connectivity index (χ1n) is 8.54. The summed E-state index contributed by atoms with van der Waals surface area (Å²) in [5.41, 5.74) is 3.17. The van der Waals surface area contributed by atoms with Crippen LogP contribution >= 0.6 is 0 Å². The standard InChI is InChI=1S/C18H23N3O4S/c1-11-7-8-15(10-12(11)2)19-18(22)16-6-5-9-21(16)26(23,24)17-13(3)20-25-14(17)4/h7-8,10,16H,5-6,9H2,1-4H3,(H,19,22)/t16-/m1/s1. The number of rotatable bonds is 4. The van der Waals surface area contributed by atoms with Crippen molar-refractivity contribution < 1.29 is 17.7 Å². The Labute approximate surface area is 153 Å². The van der Waals surface area contributed by atoms with Crippen molar-refractivity contribution in [3.05, 3.63) is 40.8 Å². The van der Waals surface area contributed by atoms with Crippen molar-refractivity contribution in [2.75, 3.05) is 11.9 Å². The fourth-order valence-corrected chi connectivity index (χ4v) is 5.25. The summed E-state index contributed by atoms with van der Waals surface area (Å²) in [6, 6.07) is 4.89. The van der Waals surface area contributed by atoms with E-state index in [9.17, 15) is 13.2 Å². The van der Waals surface area contributed by atoms with Gasteiger partial charge in [0, 0.05) is 12.2 Å². The summed E-state index contributed by atoms with van der Waals surface area (Å²) in [5, 5.41) is 6.57. The molecular weight excluding hydrogens is 354 g/mol. The van der Waals surface area contributed by atoms with Gasteiger partial charge in [-0.25, -0.2) is 8.42 Å². The maximum Gasteiger partial charge on any atom is 0.249 e. The molecule has 0 radical (unpaired) electrons. The summed E-state index contributed by atoms with van der Waals surface area (Å²) in [6.45, 7) is 7.42. The van der Waals surface area contributed by atoms with Crippen LogP contribution in [0, 0.1) is 27.7 Å². The van der Waals surface area contributed by atoms with Crippen LogP contribution in [0.4, 0.5) is 5.69 Å². The van der Waals surface area contributed by atoms with Crippen molar-refractivity contribution in [1.82, 2.24) is 9.46 Å². The number of carbonyl (C=O) groups is 1. The second-order valence-electron chi connectivity index (χ2n) is 6.72. The Kier molecular flexibility index (Phi) is 4.90. The maximum absolute atomic E-state index is 13.0. The van der Waals surface area contributed by atoms with Crippen LogP contribution in [0.15, 0.2) is 27.6 Å². The molecule has 1 saturated heterocycles. The van der Waals surface area contributed by atoms with Crippen molar-refractivity contribution in [1.29, 1.82) is 0 Å². The van der Waals surface area contributed by atoms with Gasteiger partial charge in [0.25, 0.3) is 0 Å². The molecule has 26 heavy (non-hydrogen) atoms. The molecule has 1 aliphatic rings. The molecule has 1 aromatic heterocycles. The molecule has 0 unspecified atom stereocenters. The van der Waals surface area contributed by atoms with Gasteiger partial charge in [-0.3, -0.25) is 4.79 Å². The van der Waals surface area contributed by atoms with Crippen LogP contribution in [0.25, 0.3) is 0 Å². The first-order valence-corrected chi connectivity index (χ1v) is 9.98. The number of sulfonamides is 1. The molecule has 1 amide bonds. The van der Waals surface area contributed by atoms with Crippen LogP contribution in [0.3, 0.4) is 0 Å². The molecule has 7 nitrogen and oxygen atoms in total. The molecule has 0 bridgehead atoms. The molecule has 8 heteroatoms. The molecular formula is C18H23N3O4S. The summed E-state index contributed by atoms with van der Waals surface area (Å²) >= 11 is 0. The second kappa shape index (κ2) is 6.85.